The van der Waals surface area contributed by atoms with Crippen LogP contribution in [-0.4, -0.2) is 35.6 Å². The van der Waals surface area contributed by atoms with Crippen LogP contribution in [-0.2, 0) is 4.79 Å². The van der Waals surface area contributed by atoms with Crippen LogP contribution in [0, 0.1) is 11.3 Å². The standard InChI is InChI=1S/C15H29NO2/c1-5-10-15(3,14(17)18)11-16(4)13-8-6-12(2)7-9-13/h12-13H,5-11H2,1-4H3,(H,17,18). The molecule has 1 saturated carbocycles. The molecule has 3 heteroatoms. The van der Waals surface area contributed by atoms with Crippen LogP contribution in [0.1, 0.15) is 59.3 Å². The summed E-state index contributed by atoms with van der Waals surface area (Å²) in [5.74, 6) is 0.191. The van der Waals surface area contributed by atoms with E-state index in [0.29, 0.717) is 12.6 Å². The Kier molecular flexibility index (Phi) is 5.64. The highest BCUT2D eigenvalue weighted by Gasteiger charge is 2.35. The monoisotopic (exact) mass is 255 g/mol. The van der Waals surface area contributed by atoms with Gasteiger partial charge in [-0.05, 0) is 52.0 Å². The van der Waals surface area contributed by atoms with Crippen molar-refractivity contribution in [1.82, 2.24) is 4.90 Å². The number of hydrogen-bond donors (Lipinski definition) is 1. The van der Waals surface area contributed by atoms with Gasteiger partial charge in [-0.2, -0.15) is 0 Å². The second kappa shape index (κ2) is 6.55. The summed E-state index contributed by atoms with van der Waals surface area (Å²) in [6, 6.07) is 0.580. The van der Waals surface area contributed by atoms with Crippen molar-refractivity contribution >= 4 is 5.97 Å². The minimum atomic E-state index is -0.652. The Labute approximate surface area is 112 Å². The van der Waals surface area contributed by atoms with Crippen molar-refractivity contribution in [3.05, 3.63) is 0 Å². The summed E-state index contributed by atoms with van der Waals surface area (Å²) in [4.78, 5) is 13.7. The second-order valence-corrected chi connectivity index (χ2v) is 6.44. The lowest BCUT2D eigenvalue weighted by atomic mass is 9.82. The van der Waals surface area contributed by atoms with E-state index in [0.717, 1.165) is 18.8 Å². The highest BCUT2D eigenvalue weighted by atomic mass is 16.4. The molecule has 0 amide bonds. The molecule has 1 unspecified atom stereocenters. The molecule has 0 spiro atoms. The van der Waals surface area contributed by atoms with E-state index in [9.17, 15) is 9.90 Å². The molecule has 0 bridgehead atoms. The van der Waals surface area contributed by atoms with Crippen LogP contribution >= 0.6 is 0 Å². The van der Waals surface area contributed by atoms with Crippen molar-refractivity contribution in [3.63, 3.8) is 0 Å². The van der Waals surface area contributed by atoms with Gasteiger partial charge in [-0.15, -0.1) is 0 Å². The largest absolute Gasteiger partial charge is 0.481 e. The van der Waals surface area contributed by atoms with E-state index in [1.807, 2.05) is 6.92 Å². The Morgan fingerprint density at radius 1 is 1.33 bits per heavy atom. The zero-order valence-electron chi connectivity index (χ0n) is 12.4. The van der Waals surface area contributed by atoms with Gasteiger partial charge in [0.2, 0.25) is 0 Å². The SMILES string of the molecule is CCCC(C)(CN(C)C1CCC(C)CC1)C(=O)O. The zero-order valence-corrected chi connectivity index (χ0v) is 12.4. The Hall–Kier alpha value is -0.570. The maximum Gasteiger partial charge on any atom is 0.310 e. The predicted octanol–water partition coefficient (Wildman–Crippen LogP) is 3.39. The highest BCUT2D eigenvalue weighted by Crippen LogP contribution is 2.30. The van der Waals surface area contributed by atoms with E-state index in [4.69, 9.17) is 0 Å². The van der Waals surface area contributed by atoms with Crippen LogP contribution in [0.4, 0.5) is 0 Å². The summed E-state index contributed by atoms with van der Waals surface area (Å²) in [5, 5.41) is 9.43. The molecule has 1 aliphatic rings. The Balaban J connectivity index is 2.56. The lowest BCUT2D eigenvalue weighted by Gasteiger charge is -2.38. The number of carboxylic acids is 1. The van der Waals surface area contributed by atoms with Gasteiger partial charge in [-0.1, -0.05) is 20.3 Å². The van der Waals surface area contributed by atoms with Crippen molar-refractivity contribution in [2.45, 2.75) is 65.3 Å². The molecular formula is C15H29NO2. The van der Waals surface area contributed by atoms with Crippen molar-refractivity contribution in [2.75, 3.05) is 13.6 Å². The quantitative estimate of drug-likeness (QED) is 0.791. The molecule has 3 nitrogen and oxygen atoms in total. The summed E-state index contributed by atoms with van der Waals surface area (Å²) in [6.45, 7) is 6.94. The molecule has 1 rings (SSSR count). The molecular weight excluding hydrogens is 226 g/mol. The fourth-order valence-corrected chi connectivity index (χ4v) is 3.17. The van der Waals surface area contributed by atoms with Crippen LogP contribution in [0.25, 0.3) is 0 Å². The summed E-state index contributed by atoms with van der Waals surface area (Å²) in [6.07, 6.45) is 6.70. The van der Waals surface area contributed by atoms with Gasteiger partial charge in [0.15, 0.2) is 0 Å². The fourth-order valence-electron chi connectivity index (χ4n) is 3.17. The summed E-state index contributed by atoms with van der Waals surface area (Å²) in [7, 11) is 2.09. The topological polar surface area (TPSA) is 40.5 Å². The van der Waals surface area contributed by atoms with Gasteiger partial charge in [-0.3, -0.25) is 4.79 Å². The van der Waals surface area contributed by atoms with E-state index < -0.39 is 11.4 Å². The van der Waals surface area contributed by atoms with Crippen molar-refractivity contribution in [1.29, 1.82) is 0 Å². The molecule has 0 aromatic heterocycles. The molecule has 1 N–H and O–H groups in total. The van der Waals surface area contributed by atoms with Crippen molar-refractivity contribution in [2.24, 2.45) is 11.3 Å². The van der Waals surface area contributed by atoms with Crippen LogP contribution < -0.4 is 0 Å². The number of rotatable bonds is 6. The molecule has 1 aliphatic carbocycles. The van der Waals surface area contributed by atoms with Gasteiger partial charge < -0.3 is 10.0 Å². The first-order valence-corrected chi connectivity index (χ1v) is 7.32. The average molecular weight is 255 g/mol. The lowest BCUT2D eigenvalue weighted by molar-refractivity contribution is -0.149. The number of nitrogens with zero attached hydrogens (tertiary/aromatic N) is 1. The smallest absolute Gasteiger partial charge is 0.310 e. The third-order valence-electron chi connectivity index (χ3n) is 4.53. The predicted molar refractivity (Wildman–Crippen MR) is 74.7 cm³/mol. The lowest BCUT2D eigenvalue weighted by Crippen LogP contribution is -2.44. The van der Waals surface area contributed by atoms with Gasteiger partial charge >= 0.3 is 5.97 Å². The molecule has 1 fully saturated rings. The molecule has 0 saturated heterocycles. The molecule has 0 aromatic carbocycles. The van der Waals surface area contributed by atoms with E-state index in [2.05, 4.69) is 25.8 Å². The molecule has 106 valence electrons. The normalized spacial score (nSPS) is 28.1. The zero-order chi connectivity index (χ0) is 13.8. The number of carboxylic acid groups (broad SMARTS) is 1. The van der Waals surface area contributed by atoms with Gasteiger partial charge in [-0.25, -0.2) is 0 Å². The molecule has 0 aliphatic heterocycles. The van der Waals surface area contributed by atoms with Crippen molar-refractivity contribution < 1.29 is 9.90 Å². The number of carbonyl (C=O) groups is 1. The highest BCUT2D eigenvalue weighted by molar-refractivity contribution is 5.74. The van der Waals surface area contributed by atoms with Crippen LogP contribution in [0.3, 0.4) is 0 Å². The molecule has 1 atom stereocenters. The first kappa shape index (κ1) is 15.5. The molecule has 0 aromatic rings. The Morgan fingerprint density at radius 2 is 1.89 bits per heavy atom. The molecule has 0 heterocycles. The third kappa shape index (κ3) is 3.98. The van der Waals surface area contributed by atoms with Gasteiger partial charge in [0, 0.05) is 12.6 Å². The minimum absolute atomic E-state index is 0.580. The first-order valence-electron chi connectivity index (χ1n) is 7.32. The fraction of sp³-hybridized carbons (Fsp3) is 0.933. The number of hydrogen-bond acceptors (Lipinski definition) is 2. The summed E-state index contributed by atoms with van der Waals surface area (Å²) < 4.78 is 0. The Morgan fingerprint density at radius 3 is 2.33 bits per heavy atom. The maximum absolute atomic E-state index is 11.5. The van der Waals surface area contributed by atoms with Gasteiger partial charge in [0.05, 0.1) is 5.41 Å². The second-order valence-electron chi connectivity index (χ2n) is 6.44. The van der Waals surface area contributed by atoms with E-state index in [-0.39, 0.29) is 0 Å². The summed E-state index contributed by atoms with van der Waals surface area (Å²) in [5.41, 5.74) is -0.591. The van der Waals surface area contributed by atoms with Gasteiger partial charge in [0.1, 0.15) is 0 Å². The average Bonchev–Trinajstić information content (AvgIpc) is 2.29. The van der Waals surface area contributed by atoms with Crippen molar-refractivity contribution in [3.8, 4) is 0 Å². The minimum Gasteiger partial charge on any atom is -0.481 e. The first-order chi connectivity index (χ1) is 8.39. The van der Waals surface area contributed by atoms with Gasteiger partial charge in [0.25, 0.3) is 0 Å². The van der Waals surface area contributed by atoms with Crippen LogP contribution in [0.5, 0.6) is 0 Å². The van der Waals surface area contributed by atoms with Crippen LogP contribution in [0.15, 0.2) is 0 Å². The molecule has 18 heavy (non-hydrogen) atoms. The van der Waals surface area contributed by atoms with E-state index in [1.54, 1.807) is 0 Å². The van der Waals surface area contributed by atoms with Crippen LogP contribution in [0.2, 0.25) is 0 Å². The summed E-state index contributed by atoms with van der Waals surface area (Å²) >= 11 is 0. The Bertz CT molecular complexity index is 272. The van der Waals surface area contributed by atoms with E-state index in [1.165, 1.54) is 25.7 Å². The molecule has 0 radical (unpaired) electrons. The number of aliphatic carboxylic acids is 1. The maximum atomic E-state index is 11.5. The third-order valence-corrected chi connectivity index (χ3v) is 4.53. The van der Waals surface area contributed by atoms with E-state index >= 15 is 0 Å².